The molecule has 4 aromatic carbocycles. The van der Waals surface area contributed by atoms with Gasteiger partial charge >= 0.3 is 0 Å². The predicted octanol–water partition coefficient (Wildman–Crippen LogP) is 5.97. The molecule has 9 rings (SSSR count). The van der Waals surface area contributed by atoms with Crippen LogP contribution < -0.4 is 0 Å². The van der Waals surface area contributed by atoms with E-state index in [2.05, 4.69) is 0 Å². The summed E-state index contributed by atoms with van der Waals surface area (Å²) < 4.78 is 78.6. The van der Waals surface area contributed by atoms with Crippen molar-refractivity contribution in [1.29, 1.82) is 0 Å². The Bertz CT molecular complexity index is 1940. The summed E-state index contributed by atoms with van der Waals surface area (Å²) in [5.41, 5.74) is 2.85. The molecule has 0 radical (unpaired) electrons. The molecule has 5 fully saturated rings. The number of hydrogen-bond acceptors (Lipinski definition) is 13. The van der Waals surface area contributed by atoms with Crippen molar-refractivity contribution in [3.8, 4) is 0 Å². The smallest absolute Gasteiger partial charge is 0.187 e. The molecule has 5 heterocycles. The van der Waals surface area contributed by atoms with Crippen LogP contribution in [0.3, 0.4) is 0 Å². The van der Waals surface area contributed by atoms with Crippen LogP contribution >= 0.6 is 0 Å². The molecule has 320 valence electrons. The molecule has 13 atom stereocenters. The van der Waals surface area contributed by atoms with E-state index in [0.29, 0.717) is 13.2 Å². The molecule has 5 aliphatic heterocycles. The predicted molar refractivity (Wildman–Crippen MR) is 214 cm³/mol. The van der Waals surface area contributed by atoms with Gasteiger partial charge in [0, 0.05) is 5.56 Å². The fraction of sp³-hybridized carbons (Fsp3) is 0.489. The van der Waals surface area contributed by atoms with Crippen LogP contribution in [0.4, 0.5) is 0 Å². The van der Waals surface area contributed by atoms with Gasteiger partial charge in [0.1, 0.15) is 48.3 Å². The minimum Gasteiger partial charge on any atom is -0.374 e. The zero-order valence-electron chi connectivity index (χ0n) is 34.1. The fourth-order valence-corrected chi connectivity index (χ4v) is 8.56. The minimum absolute atomic E-state index is 0.0988. The molecule has 4 aromatic rings. The fourth-order valence-electron chi connectivity index (χ4n) is 8.56. The zero-order chi connectivity index (χ0) is 41.1. The van der Waals surface area contributed by atoms with E-state index in [1.807, 2.05) is 128 Å². The Kier molecular flexibility index (Phi) is 12.8. The quantitative estimate of drug-likeness (QED) is 0.151. The van der Waals surface area contributed by atoms with Crippen molar-refractivity contribution in [1.82, 2.24) is 0 Å². The molecule has 1 N–H and O–H groups in total. The lowest BCUT2D eigenvalue weighted by Crippen LogP contribution is -2.62. The van der Waals surface area contributed by atoms with E-state index < -0.39 is 85.4 Å². The molecular formula is C47H54O13. The van der Waals surface area contributed by atoms with E-state index in [-0.39, 0.29) is 26.4 Å². The second-order valence-corrected chi connectivity index (χ2v) is 16.4. The summed E-state index contributed by atoms with van der Waals surface area (Å²) in [4.78, 5) is 0. The summed E-state index contributed by atoms with van der Waals surface area (Å²) >= 11 is 0. The third kappa shape index (κ3) is 9.25. The highest BCUT2D eigenvalue weighted by Gasteiger charge is 2.62. The molecule has 0 aliphatic carbocycles. The van der Waals surface area contributed by atoms with Crippen LogP contribution in [0, 0.1) is 0 Å². The normalized spacial score (nSPS) is 35.9. The van der Waals surface area contributed by atoms with Gasteiger partial charge in [0.05, 0.1) is 45.7 Å². The van der Waals surface area contributed by atoms with E-state index in [1.165, 1.54) is 0 Å². The van der Waals surface area contributed by atoms with Crippen molar-refractivity contribution in [2.75, 3.05) is 19.8 Å². The first kappa shape index (κ1) is 41.7. The highest BCUT2D eigenvalue weighted by atomic mass is 16.8. The molecule has 13 heteroatoms. The lowest BCUT2D eigenvalue weighted by molar-refractivity contribution is -0.351. The Hall–Kier alpha value is -3.64. The molecule has 0 saturated carbocycles. The number of rotatable bonds is 15. The summed E-state index contributed by atoms with van der Waals surface area (Å²) in [5.74, 6) is -0.970. The van der Waals surface area contributed by atoms with Crippen LogP contribution in [0.15, 0.2) is 121 Å². The minimum atomic E-state index is -1.19. The SMILES string of the molecule is C[C@H]1O[C@@H](O)C2OC(C)(C)OC2[C@H]1O[C@@H]1OC[C@@H](OCc2ccccc2)C(O[C@@H]2OC[C@]3(COCc4ccccc4)O[C@@H](c4ccccc4)OC23)C1OCc1ccccc1. The number of ether oxygens (including phenoxy) is 12. The topological polar surface area (TPSA) is 131 Å². The second-order valence-electron chi connectivity index (χ2n) is 16.4. The monoisotopic (exact) mass is 826 g/mol. The van der Waals surface area contributed by atoms with Gasteiger partial charge in [-0.1, -0.05) is 121 Å². The van der Waals surface area contributed by atoms with E-state index in [1.54, 1.807) is 13.8 Å². The van der Waals surface area contributed by atoms with E-state index in [9.17, 15) is 5.11 Å². The maximum Gasteiger partial charge on any atom is 0.187 e. The van der Waals surface area contributed by atoms with E-state index in [4.69, 9.17) is 56.8 Å². The Balaban J connectivity index is 1.02. The highest BCUT2D eigenvalue weighted by molar-refractivity contribution is 5.19. The number of fused-ring (bicyclic) bond motifs is 2. The van der Waals surface area contributed by atoms with Crippen molar-refractivity contribution in [2.45, 2.75) is 126 Å². The van der Waals surface area contributed by atoms with Crippen LogP contribution in [0.25, 0.3) is 0 Å². The molecule has 60 heavy (non-hydrogen) atoms. The number of aliphatic hydroxyl groups excluding tert-OH is 1. The second kappa shape index (κ2) is 18.4. The molecule has 0 spiro atoms. The van der Waals surface area contributed by atoms with Crippen LogP contribution in [-0.2, 0) is 76.7 Å². The van der Waals surface area contributed by atoms with Gasteiger partial charge in [-0.3, -0.25) is 0 Å². The lowest BCUT2D eigenvalue weighted by Gasteiger charge is -2.46. The molecule has 0 amide bonds. The Morgan fingerprint density at radius 1 is 0.617 bits per heavy atom. The van der Waals surface area contributed by atoms with Crippen LogP contribution in [0.5, 0.6) is 0 Å². The summed E-state index contributed by atoms with van der Waals surface area (Å²) in [6, 6.07) is 39.6. The van der Waals surface area contributed by atoms with Crippen molar-refractivity contribution >= 4 is 0 Å². The number of benzene rings is 4. The highest BCUT2D eigenvalue weighted by Crippen LogP contribution is 2.46. The number of aliphatic hydroxyl groups is 1. The van der Waals surface area contributed by atoms with Gasteiger partial charge in [-0.2, -0.15) is 0 Å². The van der Waals surface area contributed by atoms with Crippen LogP contribution in [0.1, 0.15) is 49.3 Å². The summed E-state index contributed by atoms with van der Waals surface area (Å²) in [7, 11) is 0. The van der Waals surface area contributed by atoms with Crippen molar-refractivity contribution in [3.05, 3.63) is 144 Å². The average Bonchev–Trinajstić information content (AvgIpc) is 3.92. The van der Waals surface area contributed by atoms with Gasteiger partial charge in [-0.15, -0.1) is 0 Å². The Labute approximate surface area is 350 Å². The zero-order valence-corrected chi connectivity index (χ0v) is 34.1. The van der Waals surface area contributed by atoms with E-state index in [0.717, 1.165) is 22.3 Å². The first-order valence-corrected chi connectivity index (χ1v) is 20.8. The Morgan fingerprint density at radius 2 is 1.20 bits per heavy atom. The number of hydrogen-bond donors (Lipinski definition) is 1. The van der Waals surface area contributed by atoms with Crippen molar-refractivity contribution in [3.63, 3.8) is 0 Å². The average molecular weight is 827 g/mol. The summed E-state index contributed by atoms with van der Waals surface area (Å²) in [6.07, 6.45) is -9.50. The van der Waals surface area contributed by atoms with Gasteiger partial charge in [0.2, 0.25) is 0 Å². The summed E-state index contributed by atoms with van der Waals surface area (Å²) in [5, 5.41) is 10.8. The van der Waals surface area contributed by atoms with E-state index >= 15 is 0 Å². The van der Waals surface area contributed by atoms with Crippen LogP contribution in [-0.4, -0.2) is 104 Å². The molecule has 5 aliphatic rings. The maximum absolute atomic E-state index is 10.8. The van der Waals surface area contributed by atoms with Gasteiger partial charge in [-0.25, -0.2) is 0 Å². The van der Waals surface area contributed by atoms with Gasteiger partial charge in [0.25, 0.3) is 0 Å². The summed E-state index contributed by atoms with van der Waals surface area (Å²) in [6.45, 7) is 6.78. The third-order valence-electron chi connectivity index (χ3n) is 11.5. The first-order chi connectivity index (χ1) is 29.2. The molecule has 5 saturated heterocycles. The van der Waals surface area contributed by atoms with Crippen molar-refractivity contribution in [2.24, 2.45) is 0 Å². The third-order valence-corrected chi connectivity index (χ3v) is 11.5. The Morgan fingerprint density at radius 3 is 1.87 bits per heavy atom. The van der Waals surface area contributed by atoms with Gasteiger partial charge in [0.15, 0.2) is 30.9 Å². The van der Waals surface area contributed by atoms with Gasteiger partial charge in [-0.05, 0) is 37.5 Å². The van der Waals surface area contributed by atoms with Gasteiger partial charge < -0.3 is 61.9 Å². The van der Waals surface area contributed by atoms with Crippen LogP contribution in [0.2, 0.25) is 0 Å². The van der Waals surface area contributed by atoms with Crippen molar-refractivity contribution < 1.29 is 61.9 Å². The lowest BCUT2D eigenvalue weighted by atomic mass is 9.98. The molecule has 0 bridgehead atoms. The maximum atomic E-state index is 10.8. The molecule has 0 aromatic heterocycles. The standard InChI is InChI=1S/C47H54O13/c1-30-36(38-39(42(48)54-30)59-46(2,3)58-38)55-44-40(51-26-33-20-12-6-13-21-33)37(35(27-52-44)50-25-32-18-10-5-11-19-32)56-45-41-47(29-53-45,28-49-24-31-16-8-4-9-17-31)60-43(57-41)34-22-14-7-15-23-34/h4-23,30,35-45,48H,24-29H2,1-3H3/t30-,35-,36+,37?,38?,39?,40?,41?,42-,43+,44+,45+,47+/m1/s1. The molecular weight excluding hydrogens is 773 g/mol. The first-order valence-electron chi connectivity index (χ1n) is 20.8. The molecule has 5 unspecified atom stereocenters. The largest absolute Gasteiger partial charge is 0.374 e. The molecule has 13 nitrogen and oxygen atoms in total.